The van der Waals surface area contributed by atoms with Gasteiger partial charge in [-0.1, -0.05) is 0 Å². The SMILES string of the molecule is O=C1CCc2cccn2C1.O=C1CCn2cccc2C1. The summed E-state index contributed by atoms with van der Waals surface area (Å²) >= 11 is 0. The summed E-state index contributed by atoms with van der Waals surface area (Å²) in [7, 11) is 0. The molecule has 0 fully saturated rings. The van der Waals surface area contributed by atoms with Crippen LogP contribution in [-0.2, 0) is 35.5 Å². The topological polar surface area (TPSA) is 44.0 Å². The molecule has 2 aliphatic heterocycles. The fourth-order valence-corrected chi connectivity index (χ4v) is 2.73. The predicted molar refractivity (Wildman–Crippen MR) is 75.5 cm³/mol. The largest absolute Gasteiger partial charge is 0.351 e. The summed E-state index contributed by atoms with van der Waals surface area (Å²) in [6.07, 6.45) is 6.98. The quantitative estimate of drug-likeness (QED) is 0.735. The van der Waals surface area contributed by atoms with Crippen LogP contribution < -0.4 is 0 Å². The van der Waals surface area contributed by atoms with Gasteiger partial charge in [-0.3, -0.25) is 9.59 Å². The normalized spacial score (nSPS) is 17.0. The molecule has 4 heteroatoms. The number of fused-ring (bicyclic) bond motifs is 2. The van der Waals surface area contributed by atoms with E-state index in [1.807, 2.05) is 35.2 Å². The van der Waals surface area contributed by atoms with Crippen LogP contribution >= 0.6 is 0 Å². The van der Waals surface area contributed by atoms with Gasteiger partial charge in [0.2, 0.25) is 0 Å². The third kappa shape index (κ3) is 2.74. The number of aromatic nitrogens is 2. The zero-order valence-corrected chi connectivity index (χ0v) is 11.4. The number of aryl methyl sites for hydroxylation is 2. The molecular formula is C16H18N2O2. The fourth-order valence-electron chi connectivity index (χ4n) is 2.73. The Morgan fingerprint density at radius 1 is 0.800 bits per heavy atom. The number of carbonyl (C=O) groups excluding carboxylic acids is 2. The van der Waals surface area contributed by atoms with Crippen molar-refractivity contribution in [3.05, 3.63) is 48.0 Å². The number of carbonyl (C=O) groups is 2. The summed E-state index contributed by atoms with van der Waals surface area (Å²) in [4.78, 5) is 21.8. The first-order chi connectivity index (χ1) is 9.72. The molecule has 2 aromatic heterocycles. The lowest BCUT2D eigenvalue weighted by atomic mass is 10.1. The molecule has 2 aromatic rings. The molecule has 0 unspecified atom stereocenters. The minimum absolute atomic E-state index is 0.351. The molecule has 0 aromatic carbocycles. The molecule has 4 heterocycles. The molecule has 0 radical (unpaired) electrons. The van der Waals surface area contributed by atoms with Crippen molar-refractivity contribution in [3.8, 4) is 0 Å². The van der Waals surface area contributed by atoms with Gasteiger partial charge >= 0.3 is 0 Å². The van der Waals surface area contributed by atoms with E-state index < -0.39 is 0 Å². The summed E-state index contributed by atoms with van der Waals surface area (Å²) in [5.41, 5.74) is 2.45. The van der Waals surface area contributed by atoms with Gasteiger partial charge in [0.25, 0.3) is 0 Å². The zero-order valence-electron chi connectivity index (χ0n) is 11.4. The van der Waals surface area contributed by atoms with Gasteiger partial charge in [-0.25, -0.2) is 0 Å². The number of ketones is 2. The van der Waals surface area contributed by atoms with Crippen LogP contribution in [0.25, 0.3) is 0 Å². The Labute approximate surface area is 118 Å². The van der Waals surface area contributed by atoms with Crippen molar-refractivity contribution in [2.24, 2.45) is 0 Å². The van der Waals surface area contributed by atoms with Gasteiger partial charge in [0.1, 0.15) is 5.78 Å². The molecule has 0 saturated carbocycles. The van der Waals surface area contributed by atoms with Crippen molar-refractivity contribution >= 4 is 11.6 Å². The Morgan fingerprint density at radius 3 is 2.40 bits per heavy atom. The number of rotatable bonds is 0. The molecule has 4 nitrogen and oxygen atoms in total. The highest BCUT2D eigenvalue weighted by Crippen LogP contribution is 2.12. The second kappa shape index (κ2) is 5.49. The molecule has 0 aliphatic carbocycles. The highest BCUT2D eigenvalue weighted by atomic mass is 16.1. The van der Waals surface area contributed by atoms with Crippen molar-refractivity contribution < 1.29 is 9.59 Å². The Balaban J connectivity index is 0.000000121. The van der Waals surface area contributed by atoms with E-state index >= 15 is 0 Å². The van der Waals surface area contributed by atoms with E-state index in [2.05, 4.69) is 10.6 Å². The van der Waals surface area contributed by atoms with Crippen molar-refractivity contribution in [1.82, 2.24) is 9.13 Å². The van der Waals surface area contributed by atoms with E-state index in [1.165, 1.54) is 5.69 Å². The van der Waals surface area contributed by atoms with Crippen molar-refractivity contribution in [2.45, 2.75) is 38.8 Å². The van der Waals surface area contributed by atoms with Gasteiger partial charge in [-0.15, -0.1) is 0 Å². The maximum Gasteiger partial charge on any atom is 0.152 e. The van der Waals surface area contributed by atoms with Crippen molar-refractivity contribution in [1.29, 1.82) is 0 Å². The molecule has 20 heavy (non-hydrogen) atoms. The van der Waals surface area contributed by atoms with Gasteiger partial charge in [0, 0.05) is 49.6 Å². The molecule has 0 N–H and O–H groups in total. The molecule has 0 amide bonds. The van der Waals surface area contributed by atoms with E-state index in [-0.39, 0.29) is 0 Å². The summed E-state index contributed by atoms with van der Waals surface area (Å²) in [5.74, 6) is 0.718. The maximum absolute atomic E-state index is 10.9. The molecule has 0 atom stereocenters. The lowest BCUT2D eigenvalue weighted by Gasteiger charge is -2.13. The molecule has 0 saturated heterocycles. The van der Waals surface area contributed by atoms with Gasteiger partial charge < -0.3 is 9.13 Å². The Kier molecular flexibility index (Phi) is 3.54. The lowest BCUT2D eigenvalue weighted by molar-refractivity contribution is -0.120. The van der Waals surface area contributed by atoms with Crippen LogP contribution in [0.2, 0.25) is 0 Å². The predicted octanol–water partition coefficient (Wildman–Crippen LogP) is 2.01. The molecule has 2 aliphatic rings. The number of Topliss-reactive ketones (excluding diaryl/α,β-unsaturated/α-hetero) is 2. The molecular weight excluding hydrogens is 252 g/mol. The first-order valence-corrected chi connectivity index (χ1v) is 7.04. The molecule has 4 rings (SSSR count). The van der Waals surface area contributed by atoms with E-state index in [4.69, 9.17) is 0 Å². The Morgan fingerprint density at radius 2 is 1.55 bits per heavy atom. The minimum Gasteiger partial charge on any atom is -0.351 e. The highest BCUT2D eigenvalue weighted by molar-refractivity contribution is 5.81. The van der Waals surface area contributed by atoms with E-state index in [1.54, 1.807) is 0 Å². The van der Waals surface area contributed by atoms with Crippen molar-refractivity contribution in [2.75, 3.05) is 0 Å². The third-order valence-electron chi connectivity index (χ3n) is 3.86. The van der Waals surface area contributed by atoms with E-state index in [0.717, 1.165) is 25.1 Å². The van der Waals surface area contributed by atoms with Gasteiger partial charge in [-0.05, 0) is 30.7 Å². The number of nitrogens with zero attached hydrogens (tertiary/aromatic N) is 2. The zero-order chi connectivity index (χ0) is 13.9. The molecule has 104 valence electrons. The van der Waals surface area contributed by atoms with Crippen LogP contribution in [0, 0.1) is 0 Å². The van der Waals surface area contributed by atoms with Gasteiger partial charge in [0.05, 0.1) is 6.54 Å². The second-order valence-electron chi connectivity index (χ2n) is 5.32. The lowest BCUT2D eigenvalue weighted by Crippen LogP contribution is -2.18. The van der Waals surface area contributed by atoms with Crippen LogP contribution in [0.15, 0.2) is 36.7 Å². The van der Waals surface area contributed by atoms with Crippen LogP contribution in [0.1, 0.15) is 24.2 Å². The summed E-state index contributed by atoms with van der Waals surface area (Å²) in [6.45, 7) is 1.46. The summed E-state index contributed by atoms with van der Waals surface area (Å²) < 4.78 is 4.16. The van der Waals surface area contributed by atoms with E-state index in [9.17, 15) is 9.59 Å². The third-order valence-corrected chi connectivity index (χ3v) is 3.86. The highest BCUT2D eigenvalue weighted by Gasteiger charge is 2.13. The average Bonchev–Trinajstić information content (AvgIpc) is 3.06. The smallest absolute Gasteiger partial charge is 0.152 e. The summed E-state index contributed by atoms with van der Waals surface area (Å²) in [6, 6.07) is 8.07. The van der Waals surface area contributed by atoms with E-state index in [0.29, 0.717) is 31.0 Å². The molecule has 0 spiro atoms. The fraction of sp³-hybridized carbons (Fsp3) is 0.375. The average molecular weight is 270 g/mol. The standard InChI is InChI=1S/2C8H9NO/c10-8-4-3-7-2-1-5-9(7)6-8;10-8-3-5-9-4-1-2-7(9)6-8/h1-2,5H,3-4,6H2;1-2,4H,3,5-6H2. The maximum atomic E-state index is 10.9. The first-order valence-electron chi connectivity index (χ1n) is 7.04. The Hall–Kier alpha value is -2.10. The monoisotopic (exact) mass is 270 g/mol. The van der Waals surface area contributed by atoms with Crippen molar-refractivity contribution in [3.63, 3.8) is 0 Å². The second-order valence-corrected chi connectivity index (χ2v) is 5.32. The first kappa shape index (κ1) is 12.9. The van der Waals surface area contributed by atoms with Crippen LogP contribution in [0.4, 0.5) is 0 Å². The van der Waals surface area contributed by atoms with Gasteiger partial charge in [-0.2, -0.15) is 0 Å². The van der Waals surface area contributed by atoms with Crippen LogP contribution in [0.5, 0.6) is 0 Å². The minimum atomic E-state index is 0.351. The van der Waals surface area contributed by atoms with Gasteiger partial charge in [0.15, 0.2) is 5.78 Å². The van der Waals surface area contributed by atoms with Crippen LogP contribution in [0.3, 0.4) is 0 Å². The Bertz CT molecular complexity index is 580. The number of hydrogen-bond donors (Lipinski definition) is 0. The van der Waals surface area contributed by atoms with Crippen LogP contribution in [-0.4, -0.2) is 20.7 Å². The molecule has 0 bridgehead atoms. The summed E-state index contributed by atoms with van der Waals surface area (Å²) in [5, 5.41) is 0. The number of hydrogen-bond acceptors (Lipinski definition) is 2.